The molecule has 3 aromatic rings. The molecule has 0 aliphatic rings. The van der Waals surface area contributed by atoms with Crippen LogP contribution in [-0.2, 0) is 16.8 Å². The topological polar surface area (TPSA) is 86.4 Å². The van der Waals surface area contributed by atoms with Crippen LogP contribution in [0.3, 0.4) is 0 Å². The summed E-state index contributed by atoms with van der Waals surface area (Å²) in [5, 5.41) is 6.99. The molecule has 2 heterocycles. The molecule has 0 bridgehead atoms. The number of benzene rings is 1. The van der Waals surface area contributed by atoms with Gasteiger partial charge in [-0.05, 0) is 41.3 Å². The molecule has 7 heteroatoms. The number of rotatable bonds is 7. The number of nitrogens with zero attached hydrogens (tertiary/aromatic N) is 2. The van der Waals surface area contributed by atoms with E-state index >= 15 is 0 Å². The summed E-state index contributed by atoms with van der Waals surface area (Å²) in [6.45, 7) is 6.84. The predicted molar refractivity (Wildman–Crippen MR) is 110 cm³/mol. The molecule has 0 unspecified atom stereocenters. The summed E-state index contributed by atoms with van der Waals surface area (Å²) in [6.07, 6.45) is 1.54. The molecular formula is C22H25N3O4. The Morgan fingerprint density at radius 1 is 1.14 bits per heavy atom. The fourth-order valence-electron chi connectivity index (χ4n) is 2.72. The van der Waals surface area contributed by atoms with E-state index in [2.05, 4.69) is 31.2 Å². The first-order valence-corrected chi connectivity index (χ1v) is 9.45. The number of furan rings is 1. The van der Waals surface area contributed by atoms with Crippen LogP contribution >= 0.6 is 0 Å². The molecule has 0 saturated heterocycles. The van der Waals surface area contributed by atoms with Gasteiger partial charge in [0, 0.05) is 12.6 Å². The van der Waals surface area contributed by atoms with E-state index in [1.165, 1.54) is 16.3 Å². The molecule has 29 heavy (non-hydrogen) atoms. The normalized spacial score (nSPS) is 11.3. The summed E-state index contributed by atoms with van der Waals surface area (Å²) < 4.78 is 12.1. The first kappa shape index (κ1) is 20.4. The summed E-state index contributed by atoms with van der Waals surface area (Å²) in [5.74, 6) is 0.950. The van der Waals surface area contributed by atoms with Gasteiger partial charge in [0.25, 0.3) is 11.5 Å². The zero-order chi connectivity index (χ0) is 20.9. The maximum atomic E-state index is 12.0. The lowest BCUT2D eigenvalue weighted by atomic mass is 9.87. The molecule has 7 nitrogen and oxygen atoms in total. The van der Waals surface area contributed by atoms with Crippen LogP contribution in [0.1, 0.15) is 26.3 Å². The SMILES string of the molecule is CC(C)(C)c1ccc(OCC(=O)NCCn2nc(-c3ccco3)ccc2=O)cc1. The molecule has 0 aliphatic carbocycles. The van der Waals surface area contributed by atoms with Crippen LogP contribution in [0.25, 0.3) is 11.5 Å². The van der Waals surface area contributed by atoms with Gasteiger partial charge in [0.15, 0.2) is 12.4 Å². The first-order chi connectivity index (χ1) is 13.8. The molecule has 0 atom stereocenters. The van der Waals surface area contributed by atoms with Crippen molar-refractivity contribution in [3.05, 3.63) is 70.7 Å². The number of aromatic nitrogens is 2. The Balaban J connectivity index is 1.48. The Morgan fingerprint density at radius 3 is 2.55 bits per heavy atom. The number of carbonyl (C=O) groups excluding carboxylic acids is 1. The maximum absolute atomic E-state index is 12.0. The van der Waals surface area contributed by atoms with Gasteiger partial charge >= 0.3 is 0 Å². The Labute approximate surface area is 169 Å². The van der Waals surface area contributed by atoms with Crippen molar-refractivity contribution in [3.63, 3.8) is 0 Å². The Morgan fingerprint density at radius 2 is 1.90 bits per heavy atom. The minimum atomic E-state index is -0.264. The number of amides is 1. The molecule has 2 aromatic heterocycles. The molecule has 1 aromatic carbocycles. The highest BCUT2D eigenvalue weighted by Crippen LogP contribution is 2.24. The van der Waals surface area contributed by atoms with Gasteiger partial charge in [0.2, 0.25) is 0 Å². The van der Waals surface area contributed by atoms with Crippen molar-refractivity contribution in [3.8, 4) is 17.2 Å². The quantitative estimate of drug-likeness (QED) is 0.665. The fourth-order valence-corrected chi connectivity index (χ4v) is 2.72. The van der Waals surface area contributed by atoms with Crippen LogP contribution in [-0.4, -0.2) is 28.8 Å². The average Bonchev–Trinajstić information content (AvgIpc) is 3.22. The minimum absolute atomic E-state index is 0.0657. The molecule has 0 spiro atoms. The highest BCUT2D eigenvalue weighted by molar-refractivity contribution is 5.77. The highest BCUT2D eigenvalue weighted by atomic mass is 16.5. The first-order valence-electron chi connectivity index (χ1n) is 9.45. The molecule has 0 saturated carbocycles. The fraction of sp³-hybridized carbons (Fsp3) is 0.318. The molecule has 0 aliphatic heterocycles. The smallest absolute Gasteiger partial charge is 0.266 e. The van der Waals surface area contributed by atoms with Crippen molar-refractivity contribution in [2.24, 2.45) is 0 Å². The van der Waals surface area contributed by atoms with Crippen molar-refractivity contribution < 1.29 is 13.9 Å². The van der Waals surface area contributed by atoms with E-state index < -0.39 is 0 Å². The van der Waals surface area contributed by atoms with Gasteiger partial charge in [-0.15, -0.1) is 0 Å². The Hall–Kier alpha value is -3.35. The molecule has 1 amide bonds. The van der Waals surface area contributed by atoms with E-state index in [0.29, 0.717) is 17.2 Å². The van der Waals surface area contributed by atoms with E-state index in [4.69, 9.17) is 9.15 Å². The number of carbonyl (C=O) groups is 1. The number of nitrogens with one attached hydrogen (secondary N) is 1. The van der Waals surface area contributed by atoms with Crippen molar-refractivity contribution >= 4 is 5.91 Å². The van der Waals surface area contributed by atoms with Gasteiger partial charge < -0.3 is 14.5 Å². The molecule has 152 valence electrons. The van der Waals surface area contributed by atoms with Gasteiger partial charge in [0.1, 0.15) is 11.4 Å². The van der Waals surface area contributed by atoms with Gasteiger partial charge in [-0.3, -0.25) is 9.59 Å². The van der Waals surface area contributed by atoms with Crippen LogP contribution < -0.4 is 15.6 Å². The molecule has 0 radical (unpaired) electrons. The Kier molecular flexibility index (Phi) is 6.16. The minimum Gasteiger partial charge on any atom is -0.484 e. The van der Waals surface area contributed by atoms with Crippen LogP contribution in [0.5, 0.6) is 5.75 Å². The van der Waals surface area contributed by atoms with E-state index in [9.17, 15) is 9.59 Å². The predicted octanol–water partition coefficient (Wildman–Crippen LogP) is 3.00. The lowest BCUT2D eigenvalue weighted by Gasteiger charge is -2.19. The lowest BCUT2D eigenvalue weighted by Crippen LogP contribution is -2.34. The summed E-state index contributed by atoms with van der Waals surface area (Å²) in [4.78, 5) is 24.0. The van der Waals surface area contributed by atoms with Gasteiger partial charge in [0.05, 0.1) is 12.8 Å². The second kappa shape index (κ2) is 8.77. The van der Waals surface area contributed by atoms with Gasteiger partial charge in [-0.1, -0.05) is 32.9 Å². The third kappa shape index (κ3) is 5.57. The molecule has 3 rings (SSSR count). The molecule has 0 fully saturated rings. The van der Waals surface area contributed by atoms with E-state index in [1.807, 2.05) is 24.3 Å². The zero-order valence-electron chi connectivity index (χ0n) is 16.8. The monoisotopic (exact) mass is 395 g/mol. The standard InChI is InChI=1S/C22H25N3O4/c1-22(2,3)16-6-8-17(9-7-16)29-15-20(26)23-12-13-25-21(27)11-10-18(24-25)19-5-4-14-28-19/h4-11,14H,12-13,15H2,1-3H3,(H,23,26). The lowest BCUT2D eigenvalue weighted by molar-refractivity contribution is -0.123. The number of hydrogen-bond acceptors (Lipinski definition) is 5. The molecule has 1 N–H and O–H groups in total. The van der Waals surface area contributed by atoms with E-state index in [0.717, 1.165) is 0 Å². The largest absolute Gasteiger partial charge is 0.484 e. The second-order valence-corrected chi connectivity index (χ2v) is 7.67. The Bertz CT molecular complexity index is 1000. The third-order valence-corrected chi connectivity index (χ3v) is 4.38. The van der Waals surface area contributed by atoms with Crippen molar-refractivity contribution in [1.82, 2.24) is 15.1 Å². The van der Waals surface area contributed by atoms with Gasteiger partial charge in [-0.25, -0.2) is 4.68 Å². The van der Waals surface area contributed by atoms with Crippen LogP contribution in [0.2, 0.25) is 0 Å². The van der Waals surface area contributed by atoms with Gasteiger partial charge in [-0.2, -0.15) is 5.10 Å². The van der Waals surface area contributed by atoms with Crippen LogP contribution in [0, 0.1) is 0 Å². The average molecular weight is 395 g/mol. The number of hydrogen-bond donors (Lipinski definition) is 1. The number of ether oxygens (including phenoxy) is 1. The zero-order valence-corrected chi connectivity index (χ0v) is 16.8. The van der Waals surface area contributed by atoms with Crippen molar-refractivity contribution in [2.75, 3.05) is 13.2 Å². The van der Waals surface area contributed by atoms with Crippen molar-refractivity contribution in [2.45, 2.75) is 32.7 Å². The van der Waals surface area contributed by atoms with Crippen LogP contribution in [0.4, 0.5) is 0 Å². The summed E-state index contributed by atoms with van der Waals surface area (Å²) in [6, 6.07) is 14.3. The third-order valence-electron chi connectivity index (χ3n) is 4.38. The van der Waals surface area contributed by atoms with E-state index in [-0.39, 0.29) is 36.6 Å². The second-order valence-electron chi connectivity index (χ2n) is 7.67. The molecular weight excluding hydrogens is 370 g/mol. The van der Waals surface area contributed by atoms with Crippen LogP contribution in [0.15, 0.2) is 64.0 Å². The summed E-state index contributed by atoms with van der Waals surface area (Å²) in [5.41, 5.74) is 1.58. The highest BCUT2D eigenvalue weighted by Gasteiger charge is 2.13. The van der Waals surface area contributed by atoms with Crippen molar-refractivity contribution in [1.29, 1.82) is 0 Å². The summed E-state index contributed by atoms with van der Waals surface area (Å²) >= 11 is 0. The maximum Gasteiger partial charge on any atom is 0.266 e. The summed E-state index contributed by atoms with van der Waals surface area (Å²) in [7, 11) is 0. The van der Waals surface area contributed by atoms with E-state index in [1.54, 1.807) is 24.5 Å².